The normalized spacial score (nSPS) is 11.0. The Morgan fingerprint density at radius 3 is 1.56 bits per heavy atom. The first-order chi connectivity index (χ1) is 11.8. The molecule has 0 fully saturated rings. The summed E-state index contributed by atoms with van der Waals surface area (Å²) in [7, 11) is 0. The molecule has 0 bridgehead atoms. The zero-order chi connectivity index (χ0) is 17.0. The van der Waals surface area contributed by atoms with E-state index in [0.29, 0.717) is 0 Å². The number of aryl methyl sites for hydroxylation is 2. The summed E-state index contributed by atoms with van der Waals surface area (Å²) in [4.78, 5) is 0. The Morgan fingerprint density at radius 2 is 1.16 bits per heavy atom. The Morgan fingerprint density at radius 1 is 0.720 bits per heavy atom. The number of hydrogen-bond acceptors (Lipinski definition) is 4. The van der Waals surface area contributed by atoms with Gasteiger partial charge in [-0.3, -0.25) is 0 Å². The summed E-state index contributed by atoms with van der Waals surface area (Å²) in [5, 5.41) is 23.6. The molecule has 0 amide bonds. The molecular formula is C18H24BrN4O2+. The molecule has 0 aromatic carbocycles. The van der Waals surface area contributed by atoms with Gasteiger partial charge in [0.2, 0.25) is 11.4 Å². The molecule has 134 valence electrons. The molecule has 2 N–H and O–H groups in total. The van der Waals surface area contributed by atoms with Gasteiger partial charge in [0, 0.05) is 37.1 Å². The van der Waals surface area contributed by atoms with Crippen LogP contribution in [0.25, 0.3) is 0 Å². The average molecular weight is 408 g/mol. The van der Waals surface area contributed by atoms with Crippen LogP contribution in [0.1, 0.15) is 37.1 Å². The molecule has 0 atom stereocenters. The highest BCUT2D eigenvalue weighted by atomic mass is 79.9. The molecule has 6 nitrogen and oxygen atoms in total. The van der Waals surface area contributed by atoms with Crippen molar-refractivity contribution < 1.29 is 36.5 Å². The molecule has 25 heavy (non-hydrogen) atoms. The third-order valence-corrected chi connectivity index (χ3v) is 3.88. The smallest absolute Gasteiger partial charge is 0.227 e. The minimum Gasteiger partial charge on any atom is -1.00 e. The van der Waals surface area contributed by atoms with Crippen LogP contribution in [0.15, 0.2) is 59.1 Å². The number of unbranched alkanes of at least 4 members (excludes halogenated alkanes) is 3. The lowest BCUT2D eigenvalue weighted by Crippen LogP contribution is -3.00. The fourth-order valence-corrected chi connectivity index (χ4v) is 2.66. The highest BCUT2D eigenvalue weighted by Crippen LogP contribution is 2.01. The van der Waals surface area contributed by atoms with E-state index in [1.54, 1.807) is 0 Å². The summed E-state index contributed by atoms with van der Waals surface area (Å²) in [5.41, 5.74) is 1.79. The van der Waals surface area contributed by atoms with Gasteiger partial charge in [-0.25, -0.2) is 0 Å². The van der Waals surface area contributed by atoms with Crippen LogP contribution in [0.5, 0.6) is 0 Å². The molecule has 7 heteroatoms. The standard InChI is InChI=1S/C18H22N4O2.BrH/c23-19-15-17-9-3-7-13-21(17)11-5-1-2-6-12-22-14-8-4-10-18(22)16-20-24;/h3-4,7-10,13-16H,1-2,5-6,11-12H2;1H/p+1. The molecule has 2 aromatic rings. The molecule has 0 saturated heterocycles. The Kier molecular flexibility index (Phi) is 10.1. The van der Waals surface area contributed by atoms with Crippen LogP contribution in [0.4, 0.5) is 0 Å². The van der Waals surface area contributed by atoms with Gasteiger partial charge < -0.3 is 27.4 Å². The fraction of sp³-hybridized carbons (Fsp3) is 0.333. The molecule has 0 radical (unpaired) electrons. The number of pyridine rings is 2. The summed E-state index contributed by atoms with van der Waals surface area (Å²) in [6.07, 6.45) is 11.3. The Hall–Kier alpha value is -2.28. The van der Waals surface area contributed by atoms with Crippen LogP contribution in [0.3, 0.4) is 0 Å². The fourth-order valence-electron chi connectivity index (χ4n) is 2.66. The van der Waals surface area contributed by atoms with Crippen LogP contribution in [-0.2, 0) is 13.1 Å². The lowest BCUT2D eigenvalue weighted by atomic mass is 10.2. The molecule has 2 heterocycles. The van der Waals surface area contributed by atoms with E-state index in [9.17, 15) is 0 Å². The number of hydrogen-bond donors (Lipinski definition) is 2. The lowest BCUT2D eigenvalue weighted by Gasteiger charge is -2.02. The van der Waals surface area contributed by atoms with Gasteiger partial charge in [-0.1, -0.05) is 10.3 Å². The number of nitrogens with zero attached hydrogens (tertiary/aromatic N) is 4. The maximum atomic E-state index is 8.68. The first-order valence-corrected chi connectivity index (χ1v) is 8.17. The number of halogens is 1. The average Bonchev–Trinajstić information content (AvgIpc) is 2.61. The van der Waals surface area contributed by atoms with Crippen LogP contribution in [-0.4, -0.2) is 22.8 Å². The Bertz CT molecular complexity index is 633. The van der Waals surface area contributed by atoms with Gasteiger partial charge in [-0.15, -0.1) is 0 Å². The second kappa shape index (κ2) is 12.1. The molecule has 0 spiro atoms. The largest absolute Gasteiger partial charge is 1.00 e. The van der Waals surface area contributed by atoms with Gasteiger partial charge in [0.15, 0.2) is 12.4 Å². The summed E-state index contributed by atoms with van der Waals surface area (Å²) < 4.78 is 4.17. The zero-order valence-corrected chi connectivity index (χ0v) is 15.7. The first kappa shape index (κ1) is 20.8. The van der Waals surface area contributed by atoms with E-state index in [0.717, 1.165) is 50.2 Å². The predicted octanol–water partition coefficient (Wildman–Crippen LogP) is -0.858. The van der Waals surface area contributed by atoms with E-state index in [2.05, 4.69) is 19.4 Å². The van der Waals surface area contributed by atoms with Crippen molar-refractivity contribution in [3.8, 4) is 0 Å². The van der Waals surface area contributed by atoms with Gasteiger partial charge >= 0.3 is 0 Å². The van der Waals surface area contributed by atoms with Crippen LogP contribution >= 0.6 is 0 Å². The maximum absolute atomic E-state index is 8.68. The third-order valence-electron chi connectivity index (χ3n) is 3.88. The van der Waals surface area contributed by atoms with Crippen LogP contribution < -0.4 is 26.1 Å². The highest BCUT2D eigenvalue weighted by molar-refractivity contribution is 5.74. The minimum absolute atomic E-state index is 0. The summed E-state index contributed by atoms with van der Waals surface area (Å²) >= 11 is 0. The SMILES string of the molecule is ON=Cc1cccc[n+]1CCCCCC[n+]1ccccc1C=NO.[Br-]. The molecule has 0 unspecified atom stereocenters. The van der Waals surface area contributed by atoms with Gasteiger partial charge in [-0.05, 0) is 25.0 Å². The highest BCUT2D eigenvalue weighted by Gasteiger charge is 2.08. The van der Waals surface area contributed by atoms with Crippen molar-refractivity contribution in [1.29, 1.82) is 0 Å². The van der Waals surface area contributed by atoms with Gasteiger partial charge in [0.05, 0.1) is 0 Å². The topological polar surface area (TPSA) is 72.9 Å². The zero-order valence-electron chi connectivity index (χ0n) is 14.1. The third kappa shape index (κ3) is 7.01. The number of oxime groups is 2. The van der Waals surface area contributed by atoms with Crippen molar-refractivity contribution in [3.63, 3.8) is 0 Å². The monoisotopic (exact) mass is 407 g/mol. The van der Waals surface area contributed by atoms with Crippen molar-refractivity contribution in [2.45, 2.75) is 38.8 Å². The van der Waals surface area contributed by atoms with Crippen molar-refractivity contribution in [2.24, 2.45) is 10.3 Å². The quantitative estimate of drug-likeness (QED) is 0.186. The molecule has 0 saturated carbocycles. The summed E-state index contributed by atoms with van der Waals surface area (Å²) in [6.45, 7) is 1.81. The molecule has 0 aliphatic carbocycles. The second-order valence-electron chi connectivity index (χ2n) is 5.54. The van der Waals surface area contributed by atoms with E-state index >= 15 is 0 Å². The van der Waals surface area contributed by atoms with Gasteiger partial charge in [-0.2, -0.15) is 9.13 Å². The second-order valence-corrected chi connectivity index (χ2v) is 5.54. The van der Waals surface area contributed by atoms with Crippen molar-refractivity contribution in [3.05, 3.63) is 60.2 Å². The lowest BCUT2D eigenvalue weighted by molar-refractivity contribution is -0.699. The van der Waals surface area contributed by atoms with Crippen LogP contribution in [0, 0.1) is 0 Å². The van der Waals surface area contributed by atoms with Gasteiger partial charge in [0.1, 0.15) is 25.5 Å². The molecule has 2 rings (SSSR count). The summed E-state index contributed by atoms with van der Waals surface area (Å²) in [5.74, 6) is 0. The van der Waals surface area contributed by atoms with Crippen molar-refractivity contribution in [1.82, 2.24) is 0 Å². The minimum atomic E-state index is 0. The predicted molar refractivity (Wildman–Crippen MR) is 90.5 cm³/mol. The van der Waals surface area contributed by atoms with Crippen LogP contribution in [0.2, 0.25) is 0 Å². The Labute approximate surface area is 158 Å². The number of aromatic nitrogens is 2. The first-order valence-electron chi connectivity index (χ1n) is 8.17. The molecule has 2 aromatic heterocycles. The van der Waals surface area contributed by atoms with Crippen molar-refractivity contribution in [2.75, 3.05) is 0 Å². The number of rotatable bonds is 9. The van der Waals surface area contributed by atoms with Crippen molar-refractivity contribution >= 4 is 12.4 Å². The van der Waals surface area contributed by atoms with E-state index < -0.39 is 0 Å². The van der Waals surface area contributed by atoms with E-state index in [4.69, 9.17) is 10.4 Å². The van der Waals surface area contributed by atoms with E-state index in [1.807, 2.05) is 48.8 Å². The molecule has 0 aliphatic rings. The maximum Gasteiger partial charge on any atom is 0.227 e. The summed E-state index contributed by atoms with van der Waals surface area (Å²) in [6, 6.07) is 11.7. The molecular weight excluding hydrogens is 384 g/mol. The molecule has 0 aliphatic heterocycles. The van der Waals surface area contributed by atoms with E-state index in [-0.39, 0.29) is 17.0 Å². The van der Waals surface area contributed by atoms with Gasteiger partial charge in [0.25, 0.3) is 0 Å². The van der Waals surface area contributed by atoms with E-state index in [1.165, 1.54) is 12.4 Å². The Balaban J connectivity index is 0.00000312.